The zero-order valence-corrected chi connectivity index (χ0v) is 13.7. The molecular weight excluding hydrogens is 278 g/mol. The van der Waals surface area contributed by atoms with E-state index in [0.29, 0.717) is 12.5 Å². The molecule has 1 aliphatic carbocycles. The van der Waals surface area contributed by atoms with Gasteiger partial charge < -0.3 is 20.6 Å². The van der Waals surface area contributed by atoms with Crippen molar-refractivity contribution < 1.29 is 9.90 Å². The summed E-state index contributed by atoms with van der Waals surface area (Å²) < 4.78 is 0. The first-order valence-corrected chi connectivity index (χ1v) is 7.88. The van der Waals surface area contributed by atoms with Crippen molar-refractivity contribution in [2.24, 2.45) is 5.92 Å². The Morgan fingerprint density at radius 2 is 1.95 bits per heavy atom. The number of hydrogen-bond donors (Lipinski definition) is 3. The van der Waals surface area contributed by atoms with Crippen LogP contribution in [-0.4, -0.2) is 43.9 Å². The molecule has 0 saturated heterocycles. The molecule has 0 bridgehead atoms. The summed E-state index contributed by atoms with van der Waals surface area (Å²) in [6.07, 6.45) is 2.95. The second-order valence-corrected chi connectivity index (χ2v) is 6.54. The minimum absolute atomic E-state index is 0.0168. The van der Waals surface area contributed by atoms with Crippen molar-refractivity contribution in [3.8, 4) is 0 Å². The molecule has 0 spiro atoms. The van der Waals surface area contributed by atoms with Crippen LogP contribution in [0.1, 0.15) is 25.3 Å². The highest BCUT2D eigenvalue weighted by Crippen LogP contribution is 2.39. The minimum atomic E-state index is -0.489. The molecule has 3 N–H and O–H groups in total. The molecule has 1 saturated carbocycles. The summed E-state index contributed by atoms with van der Waals surface area (Å²) in [6, 6.07) is 8.11. The molecule has 0 aliphatic heterocycles. The molecule has 0 radical (unpaired) electrons. The summed E-state index contributed by atoms with van der Waals surface area (Å²) in [5, 5.41) is 15.3. The molecule has 1 fully saturated rings. The third-order valence-corrected chi connectivity index (χ3v) is 4.36. The van der Waals surface area contributed by atoms with Crippen LogP contribution in [0.2, 0.25) is 0 Å². The number of amides is 2. The van der Waals surface area contributed by atoms with Gasteiger partial charge in [-0.25, -0.2) is 4.79 Å². The lowest BCUT2D eigenvalue weighted by Crippen LogP contribution is -2.54. The Bertz CT molecular complexity index is 497. The van der Waals surface area contributed by atoms with Gasteiger partial charge in [-0.15, -0.1) is 0 Å². The Kier molecular flexibility index (Phi) is 5.29. The van der Waals surface area contributed by atoms with Crippen LogP contribution in [0, 0.1) is 5.92 Å². The predicted octanol–water partition coefficient (Wildman–Crippen LogP) is 1.76. The summed E-state index contributed by atoms with van der Waals surface area (Å²) in [5.74, 6) is 0.404. The number of urea groups is 1. The monoisotopic (exact) mass is 305 g/mol. The highest BCUT2D eigenvalue weighted by molar-refractivity contribution is 5.74. The van der Waals surface area contributed by atoms with Crippen LogP contribution in [0.4, 0.5) is 10.5 Å². The molecule has 5 nitrogen and oxygen atoms in total. The van der Waals surface area contributed by atoms with Gasteiger partial charge in [-0.2, -0.15) is 0 Å². The van der Waals surface area contributed by atoms with Gasteiger partial charge in [0.2, 0.25) is 0 Å². The Morgan fingerprint density at radius 1 is 1.32 bits per heavy atom. The molecule has 5 heteroatoms. The fourth-order valence-corrected chi connectivity index (χ4v) is 2.58. The number of aliphatic hydroxyl groups excluding tert-OH is 1. The predicted molar refractivity (Wildman–Crippen MR) is 89.2 cm³/mol. The number of aliphatic hydroxyl groups is 1. The fraction of sp³-hybridized carbons (Fsp3) is 0.588. The van der Waals surface area contributed by atoms with Crippen molar-refractivity contribution in [2.45, 2.75) is 31.7 Å². The summed E-state index contributed by atoms with van der Waals surface area (Å²) in [7, 11) is 4.03. The van der Waals surface area contributed by atoms with Crippen molar-refractivity contribution in [1.82, 2.24) is 10.6 Å². The topological polar surface area (TPSA) is 64.6 Å². The van der Waals surface area contributed by atoms with Crippen LogP contribution < -0.4 is 15.5 Å². The van der Waals surface area contributed by atoms with Crippen molar-refractivity contribution in [1.29, 1.82) is 0 Å². The summed E-state index contributed by atoms with van der Waals surface area (Å²) >= 11 is 0. The van der Waals surface area contributed by atoms with E-state index in [1.165, 1.54) is 5.56 Å². The Morgan fingerprint density at radius 3 is 2.45 bits per heavy atom. The standard InChI is InChI=1S/C17H27N3O2/c1-17(12-21,14-6-7-14)19-16(22)18-11-10-13-4-8-15(9-5-13)20(2)3/h4-5,8-9,14,21H,6-7,10-12H2,1-3H3,(H2,18,19,22). The number of rotatable bonds is 7. The maximum Gasteiger partial charge on any atom is 0.315 e. The fourth-order valence-electron chi connectivity index (χ4n) is 2.58. The maximum atomic E-state index is 11.9. The number of nitrogens with zero attached hydrogens (tertiary/aromatic N) is 1. The first-order valence-electron chi connectivity index (χ1n) is 7.88. The van der Waals surface area contributed by atoms with Crippen molar-refractivity contribution in [2.75, 3.05) is 32.1 Å². The minimum Gasteiger partial charge on any atom is -0.394 e. The van der Waals surface area contributed by atoms with Gasteiger partial charge in [-0.1, -0.05) is 12.1 Å². The van der Waals surface area contributed by atoms with Crippen LogP contribution in [0.3, 0.4) is 0 Å². The number of anilines is 1. The second kappa shape index (κ2) is 7.01. The van der Waals surface area contributed by atoms with E-state index in [0.717, 1.165) is 24.9 Å². The molecule has 22 heavy (non-hydrogen) atoms. The highest BCUT2D eigenvalue weighted by Gasteiger charge is 2.42. The molecule has 1 atom stereocenters. The van der Waals surface area contributed by atoms with Crippen LogP contribution in [-0.2, 0) is 6.42 Å². The average molecular weight is 305 g/mol. The summed E-state index contributed by atoms with van der Waals surface area (Å²) in [5.41, 5.74) is 1.87. The van der Waals surface area contributed by atoms with Gasteiger partial charge in [0, 0.05) is 26.3 Å². The number of nitrogens with one attached hydrogen (secondary N) is 2. The van der Waals surface area contributed by atoms with Gasteiger partial charge >= 0.3 is 6.03 Å². The van der Waals surface area contributed by atoms with E-state index in [1.807, 2.05) is 21.0 Å². The van der Waals surface area contributed by atoms with Crippen LogP contribution in [0.15, 0.2) is 24.3 Å². The van der Waals surface area contributed by atoms with E-state index < -0.39 is 5.54 Å². The van der Waals surface area contributed by atoms with Crippen LogP contribution >= 0.6 is 0 Å². The second-order valence-electron chi connectivity index (χ2n) is 6.54. The zero-order chi connectivity index (χ0) is 16.2. The lowest BCUT2D eigenvalue weighted by atomic mass is 9.97. The molecule has 1 aliphatic rings. The van der Waals surface area contributed by atoms with Gasteiger partial charge in [-0.05, 0) is 49.8 Å². The van der Waals surface area contributed by atoms with Crippen molar-refractivity contribution >= 4 is 11.7 Å². The van der Waals surface area contributed by atoms with Gasteiger partial charge in [0.15, 0.2) is 0 Å². The number of benzene rings is 1. The smallest absolute Gasteiger partial charge is 0.315 e. The van der Waals surface area contributed by atoms with E-state index in [-0.39, 0.29) is 12.6 Å². The molecule has 1 aromatic rings. The number of carbonyl (C=O) groups excluding carboxylic acids is 1. The molecule has 122 valence electrons. The first-order chi connectivity index (χ1) is 10.4. The van der Waals surface area contributed by atoms with Gasteiger partial charge in [-0.3, -0.25) is 0 Å². The van der Waals surface area contributed by atoms with Crippen molar-refractivity contribution in [3.05, 3.63) is 29.8 Å². The maximum absolute atomic E-state index is 11.9. The Labute approximate surface area is 132 Å². The lowest BCUT2D eigenvalue weighted by molar-refractivity contribution is 0.155. The lowest BCUT2D eigenvalue weighted by Gasteiger charge is -2.28. The molecule has 1 unspecified atom stereocenters. The third kappa shape index (κ3) is 4.37. The molecule has 2 rings (SSSR count). The molecule has 0 aromatic heterocycles. The summed E-state index contributed by atoms with van der Waals surface area (Å²) in [6.45, 7) is 2.47. The van der Waals surface area contributed by atoms with Crippen molar-refractivity contribution in [3.63, 3.8) is 0 Å². The molecule has 0 heterocycles. The molecule has 1 aromatic carbocycles. The molecular formula is C17H27N3O2. The number of hydrogen-bond acceptors (Lipinski definition) is 3. The van der Waals surface area contributed by atoms with Crippen LogP contribution in [0.5, 0.6) is 0 Å². The van der Waals surface area contributed by atoms with E-state index in [4.69, 9.17) is 0 Å². The van der Waals surface area contributed by atoms with Gasteiger partial charge in [0.25, 0.3) is 0 Å². The van der Waals surface area contributed by atoms with E-state index in [9.17, 15) is 9.90 Å². The molecule has 2 amide bonds. The highest BCUT2D eigenvalue weighted by atomic mass is 16.3. The van der Waals surface area contributed by atoms with Gasteiger partial charge in [0.05, 0.1) is 12.1 Å². The zero-order valence-electron chi connectivity index (χ0n) is 13.7. The summed E-state index contributed by atoms with van der Waals surface area (Å²) in [4.78, 5) is 14.0. The van der Waals surface area contributed by atoms with E-state index in [2.05, 4.69) is 39.8 Å². The Balaban J connectivity index is 1.74. The van der Waals surface area contributed by atoms with Crippen LogP contribution in [0.25, 0.3) is 0 Å². The largest absolute Gasteiger partial charge is 0.394 e. The average Bonchev–Trinajstić information content (AvgIpc) is 3.32. The van der Waals surface area contributed by atoms with Gasteiger partial charge in [0.1, 0.15) is 0 Å². The normalized spacial score (nSPS) is 16.7. The number of carbonyl (C=O) groups is 1. The SMILES string of the molecule is CN(C)c1ccc(CCNC(=O)NC(C)(CO)C2CC2)cc1. The quantitative estimate of drug-likeness (QED) is 0.719. The third-order valence-electron chi connectivity index (χ3n) is 4.36. The van der Waals surface area contributed by atoms with E-state index in [1.54, 1.807) is 0 Å². The first kappa shape index (κ1) is 16.6. The Hall–Kier alpha value is -1.75. The van der Waals surface area contributed by atoms with E-state index >= 15 is 0 Å².